The molecule has 1 heterocycles. The molecule has 3 heteroatoms. The fourth-order valence-corrected chi connectivity index (χ4v) is 4.72. The molecule has 0 aliphatic heterocycles. The first kappa shape index (κ1) is 13.5. The molecule has 21 heavy (non-hydrogen) atoms. The van der Waals surface area contributed by atoms with Gasteiger partial charge in [-0.1, -0.05) is 24.1 Å². The molecule has 2 saturated carbocycles. The molecule has 2 aliphatic carbocycles. The average Bonchev–Trinajstić information content (AvgIpc) is 3.10. The van der Waals surface area contributed by atoms with E-state index in [1.807, 2.05) is 24.3 Å². The minimum Gasteiger partial charge on any atom is -0.388 e. The minimum absolute atomic E-state index is 0.427. The SMILES string of the molecule is OC(CC1CC2CCC1C2)c1ccc(Cl)c2cccnc12. The number of rotatable bonds is 3. The third-order valence-electron chi connectivity index (χ3n) is 5.52. The van der Waals surface area contributed by atoms with Crippen LogP contribution >= 0.6 is 11.6 Å². The molecule has 0 radical (unpaired) electrons. The number of hydrogen-bond donors (Lipinski definition) is 1. The average molecular weight is 302 g/mol. The van der Waals surface area contributed by atoms with Crippen molar-refractivity contribution in [2.75, 3.05) is 0 Å². The number of hydrogen-bond acceptors (Lipinski definition) is 2. The van der Waals surface area contributed by atoms with Crippen molar-refractivity contribution in [3.8, 4) is 0 Å². The van der Waals surface area contributed by atoms with E-state index in [2.05, 4.69) is 4.98 Å². The lowest BCUT2D eigenvalue weighted by molar-refractivity contribution is 0.126. The van der Waals surface area contributed by atoms with Crippen molar-refractivity contribution >= 4 is 22.5 Å². The van der Waals surface area contributed by atoms with Gasteiger partial charge >= 0.3 is 0 Å². The summed E-state index contributed by atoms with van der Waals surface area (Å²) in [5.74, 6) is 2.46. The normalized spacial score (nSPS) is 29.1. The Morgan fingerprint density at radius 2 is 2.14 bits per heavy atom. The largest absolute Gasteiger partial charge is 0.388 e. The highest BCUT2D eigenvalue weighted by Gasteiger charge is 2.40. The van der Waals surface area contributed by atoms with Gasteiger partial charge in [-0.3, -0.25) is 4.98 Å². The van der Waals surface area contributed by atoms with Gasteiger partial charge in [-0.25, -0.2) is 0 Å². The van der Waals surface area contributed by atoms with Crippen LogP contribution < -0.4 is 0 Å². The first-order valence-electron chi connectivity index (χ1n) is 7.93. The van der Waals surface area contributed by atoms with E-state index in [1.165, 1.54) is 25.7 Å². The van der Waals surface area contributed by atoms with Gasteiger partial charge in [0, 0.05) is 22.2 Å². The lowest BCUT2D eigenvalue weighted by Gasteiger charge is -2.24. The lowest BCUT2D eigenvalue weighted by Crippen LogP contribution is -2.14. The summed E-state index contributed by atoms with van der Waals surface area (Å²) in [6, 6.07) is 7.68. The number of pyridine rings is 1. The Morgan fingerprint density at radius 1 is 1.24 bits per heavy atom. The smallest absolute Gasteiger partial charge is 0.0813 e. The maximum atomic E-state index is 10.7. The molecule has 110 valence electrons. The molecule has 0 spiro atoms. The number of halogens is 1. The van der Waals surface area contributed by atoms with Crippen molar-refractivity contribution in [3.63, 3.8) is 0 Å². The molecule has 4 rings (SSSR count). The van der Waals surface area contributed by atoms with E-state index < -0.39 is 6.10 Å². The molecule has 2 fully saturated rings. The molecule has 4 atom stereocenters. The highest BCUT2D eigenvalue weighted by Crippen LogP contribution is 2.51. The van der Waals surface area contributed by atoms with Crippen molar-refractivity contribution in [2.24, 2.45) is 17.8 Å². The Hall–Kier alpha value is -1.12. The van der Waals surface area contributed by atoms with Crippen LogP contribution in [0.3, 0.4) is 0 Å². The molecule has 0 saturated heterocycles. The number of aromatic nitrogens is 1. The van der Waals surface area contributed by atoms with Gasteiger partial charge in [-0.15, -0.1) is 0 Å². The van der Waals surface area contributed by atoms with Gasteiger partial charge in [0.05, 0.1) is 11.6 Å². The van der Waals surface area contributed by atoms with Crippen molar-refractivity contribution < 1.29 is 5.11 Å². The summed E-state index contributed by atoms with van der Waals surface area (Å²) in [7, 11) is 0. The number of aliphatic hydroxyl groups excluding tert-OH is 1. The highest BCUT2D eigenvalue weighted by molar-refractivity contribution is 6.35. The van der Waals surface area contributed by atoms with E-state index in [1.54, 1.807) is 6.20 Å². The molecule has 4 unspecified atom stereocenters. The topological polar surface area (TPSA) is 33.1 Å². The van der Waals surface area contributed by atoms with E-state index in [0.29, 0.717) is 10.9 Å². The Morgan fingerprint density at radius 3 is 2.90 bits per heavy atom. The molecular weight excluding hydrogens is 282 g/mol. The van der Waals surface area contributed by atoms with Crippen LogP contribution in [0.4, 0.5) is 0 Å². The van der Waals surface area contributed by atoms with Crippen LogP contribution in [0.1, 0.15) is 43.8 Å². The molecule has 0 amide bonds. The predicted molar refractivity (Wildman–Crippen MR) is 85.3 cm³/mol. The zero-order valence-electron chi connectivity index (χ0n) is 12.0. The summed E-state index contributed by atoms with van der Waals surface area (Å²) in [4.78, 5) is 4.44. The lowest BCUT2D eigenvalue weighted by atomic mass is 9.83. The van der Waals surface area contributed by atoms with Gasteiger partial charge in [-0.2, -0.15) is 0 Å². The van der Waals surface area contributed by atoms with Crippen LogP contribution in [0, 0.1) is 17.8 Å². The summed E-state index contributed by atoms with van der Waals surface area (Å²) in [5, 5.41) is 12.4. The van der Waals surface area contributed by atoms with E-state index in [0.717, 1.165) is 34.7 Å². The molecule has 2 aromatic rings. The number of benzene rings is 1. The first-order chi connectivity index (χ1) is 10.2. The molecule has 2 aliphatic rings. The summed E-state index contributed by atoms with van der Waals surface area (Å²) >= 11 is 6.23. The second-order valence-corrected chi connectivity index (χ2v) is 7.13. The van der Waals surface area contributed by atoms with Gasteiger partial charge in [0.15, 0.2) is 0 Å². The van der Waals surface area contributed by atoms with Gasteiger partial charge in [0.1, 0.15) is 0 Å². The Labute approximate surface area is 130 Å². The Bertz CT molecular complexity index is 671. The summed E-state index contributed by atoms with van der Waals surface area (Å²) in [6.07, 6.45) is 7.67. The molecule has 1 N–H and O–H groups in total. The van der Waals surface area contributed by atoms with Crippen molar-refractivity contribution in [3.05, 3.63) is 41.0 Å². The van der Waals surface area contributed by atoms with Crippen LogP contribution in [0.5, 0.6) is 0 Å². The number of aliphatic hydroxyl groups is 1. The second kappa shape index (κ2) is 5.26. The first-order valence-corrected chi connectivity index (χ1v) is 8.31. The van der Waals surface area contributed by atoms with Crippen molar-refractivity contribution in [2.45, 2.75) is 38.2 Å². The summed E-state index contributed by atoms with van der Waals surface area (Å²) in [5.41, 5.74) is 1.78. The molecular formula is C18H20ClNO. The molecule has 2 bridgehead atoms. The summed E-state index contributed by atoms with van der Waals surface area (Å²) < 4.78 is 0. The highest BCUT2D eigenvalue weighted by atomic mass is 35.5. The van der Waals surface area contributed by atoms with E-state index in [-0.39, 0.29) is 0 Å². The van der Waals surface area contributed by atoms with Crippen LogP contribution in [-0.2, 0) is 0 Å². The third-order valence-corrected chi connectivity index (χ3v) is 5.85. The van der Waals surface area contributed by atoms with Crippen molar-refractivity contribution in [1.82, 2.24) is 4.98 Å². The van der Waals surface area contributed by atoms with Crippen LogP contribution in [0.2, 0.25) is 5.02 Å². The van der Waals surface area contributed by atoms with Crippen LogP contribution in [-0.4, -0.2) is 10.1 Å². The van der Waals surface area contributed by atoms with Gasteiger partial charge in [0.25, 0.3) is 0 Å². The van der Waals surface area contributed by atoms with E-state index in [9.17, 15) is 5.11 Å². The molecule has 1 aromatic carbocycles. The Kier molecular flexibility index (Phi) is 3.39. The van der Waals surface area contributed by atoms with Crippen LogP contribution in [0.25, 0.3) is 10.9 Å². The minimum atomic E-state index is -0.427. The Balaban J connectivity index is 1.62. The fourth-order valence-electron chi connectivity index (χ4n) is 4.51. The maximum Gasteiger partial charge on any atom is 0.0813 e. The fraction of sp³-hybridized carbons (Fsp3) is 0.500. The monoisotopic (exact) mass is 301 g/mol. The molecule has 1 aromatic heterocycles. The van der Waals surface area contributed by atoms with Crippen molar-refractivity contribution in [1.29, 1.82) is 0 Å². The second-order valence-electron chi connectivity index (χ2n) is 6.72. The van der Waals surface area contributed by atoms with Gasteiger partial charge in [0.2, 0.25) is 0 Å². The zero-order chi connectivity index (χ0) is 14.4. The summed E-state index contributed by atoms with van der Waals surface area (Å²) in [6.45, 7) is 0. The quantitative estimate of drug-likeness (QED) is 0.887. The van der Waals surface area contributed by atoms with Gasteiger partial charge in [-0.05, 0) is 61.6 Å². The standard InChI is InChI=1S/C18H20ClNO/c19-16-6-5-15(18-14(16)2-1-7-20-18)17(21)10-13-9-11-3-4-12(13)8-11/h1-2,5-7,11-13,17,21H,3-4,8-10H2. The number of nitrogens with zero attached hydrogens (tertiary/aromatic N) is 1. The third kappa shape index (κ3) is 2.35. The zero-order valence-corrected chi connectivity index (χ0v) is 12.8. The van der Waals surface area contributed by atoms with E-state index >= 15 is 0 Å². The number of fused-ring (bicyclic) bond motifs is 3. The maximum absolute atomic E-state index is 10.7. The van der Waals surface area contributed by atoms with Gasteiger partial charge < -0.3 is 5.11 Å². The molecule has 2 nitrogen and oxygen atoms in total. The van der Waals surface area contributed by atoms with E-state index in [4.69, 9.17) is 11.6 Å². The van der Waals surface area contributed by atoms with Crippen LogP contribution in [0.15, 0.2) is 30.5 Å². The predicted octanol–water partition coefficient (Wildman–Crippen LogP) is 4.75.